The Kier molecular flexibility index (Phi) is 7.26. The summed E-state index contributed by atoms with van der Waals surface area (Å²) in [5, 5.41) is 5.28. The van der Waals surface area contributed by atoms with Crippen molar-refractivity contribution >= 4 is 29.3 Å². The van der Waals surface area contributed by atoms with Gasteiger partial charge in [-0.25, -0.2) is 4.79 Å². The van der Waals surface area contributed by atoms with E-state index in [2.05, 4.69) is 15.5 Å². The molecule has 0 aliphatic carbocycles. The molecule has 1 aliphatic heterocycles. The third-order valence-electron chi connectivity index (χ3n) is 5.02. The monoisotopic (exact) mass is 410 g/mol. The molecular weight excluding hydrogens is 384 g/mol. The van der Waals surface area contributed by atoms with Gasteiger partial charge >= 0.3 is 6.09 Å². The molecule has 8 nitrogen and oxygen atoms in total. The number of para-hydroxylation sites is 2. The molecular formula is C22H26N4O4. The number of nitrogens with one attached hydrogen (secondary N) is 2. The average molecular weight is 410 g/mol. The van der Waals surface area contributed by atoms with E-state index in [1.165, 1.54) is 0 Å². The van der Waals surface area contributed by atoms with Crippen LogP contribution in [0, 0.1) is 5.92 Å². The smallest absolute Gasteiger partial charge is 0.407 e. The standard InChI is InChI=1S/C22H26N4O4/c23-21(28)17-10-12-26(13-11-17)19-9-5-4-8-18(19)25-20(27)14-24-22(29)30-15-16-6-2-1-3-7-16/h1-9,17H,10-15H2,(H2,23,28)(H,24,29)(H,25,27). The fraction of sp³-hybridized carbons (Fsp3) is 0.318. The summed E-state index contributed by atoms with van der Waals surface area (Å²) in [5.74, 6) is -0.721. The molecule has 3 amide bonds. The molecule has 0 unspecified atom stereocenters. The first-order valence-corrected chi connectivity index (χ1v) is 9.90. The van der Waals surface area contributed by atoms with Crippen LogP contribution in [0.3, 0.4) is 0 Å². The molecule has 8 heteroatoms. The maximum Gasteiger partial charge on any atom is 0.407 e. The van der Waals surface area contributed by atoms with E-state index >= 15 is 0 Å². The predicted molar refractivity (Wildman–Crippen MR) is 114 cm³/mol. The maximum absolute atomic E-state index is 12.3. The molecule has 1 saturated heterocycles. The van der Waals surface area contributed by atoms with Crippen LogP contribution in [-0.2, 0) is 20.9 Å². The SMILES string of the molecule is NC(=O)C1CCN(c2ccccc2NC(=O)CNC(=O)OCc2ccccc2)CC1. The summed E-state index contributed by atoms with van der Waals surface area (Å²) >= 11 is 0. The van der Waals surface area contributed by atoms with Crippen molar-refractivity contribution in [1.82, 2.24) is 5.32 Å². The zero-order valence-electron chi connectivity index (χ0n) is 16.7. The van der Waals surface area contributed by atoms with Gasteiger partial charge in [-0.2, -0.15) is 0 Å². The first-order chi connectivity index (χ1) is 14.5. The number of anilines is 2. The number of carbonyl (C=O) groups excluding carboxylic acids is 3. The molecule has 1 fully saturated rings. The van der Waals surface area contributed by atoms with Gasteiger partial charge in [0.1, 0.15) is 13.2 Å². The van der Waals surface area contributed by atoms with Crippen LogP contribution in [-0.4, -0.2) is 37.5 Å². The van der Waals surface area contributed by atoms with Crippen molar-refractivity contribution in [3.05, 3.63) is 60.2 Å². The van der Waals surface area contributed by atoms with E-state index in [4.69, 9.17) is 10.5 Å². The van der Waals surface area contributed by atoms with Gasteiger partial charge in [0.2, 0.25) is 11.8 Å². The third kappa shape index (κ3) is 5.97. The van der Waals surface area contributed by atoms with Gasteiger partial charge in [-0.15, -0.1) is 0 Å². The van der Waals surface area contributed by atoms with Crippen LogP contribution in [0.4, 0.5) is 16.2 Å². The lowest BCUT2D eigenvalue weighted by Gasteiger charge is -2.33. The molecule has 2 aromatic rings. The number of nitrogens with two attached hydrogens (primary N) is 1. The highest BCUT2D eigenvalue weighted by Gasteiger charge is 2.24. The topological polar surface area (TPSA) is 114 Å². The largest absolute Gasteiger partial charge is 0.445 e. The molecule has 3 rings (SSSR count). The van der Waals surface area contributed by atoms with Crippen LogP contribution in [0.2, 0.25) is 0 Å². The summed E-state index contributed by atoms with van der Waals surface area (Å²) in [7, 11) is 0. The van der Waals surface area contributed by atoms with Crippen LogP contribution in [0.15, 0.2) is 54.6 Å². The highest BCUT2D eigenvalue weighted by atomic mass is 16.5. The van der Waals surface area contributed by atoms with E-state index in [0.29, 0.717) is 31.6 Å². The average Bonchev–Trinajstić information content (AvgIpc) is 2.77. The minimum absolute atomic E-state index is 0.103. The zero-order valence-corrected chi connectivity index (χ0v) is 16.7. The summed E-state index contributed by atoms with van der Waals surface area (Å²) in [6.07, 6.45) is 0.717. The number of ether oxygens (including phenoxy) is 1. The number of hydrogen-bond donors (Lipinski definition) is 3. The highest BCUT2D eigenvalue weighted by molar-refractivity contribution is 5.96. The molecule has 0 aromatic heterocycles. The van der Waals surface area contributed by atoms with Gasteiger partial charge in [0.25, 0.3) is 0 Å². The number of carbonyl (C=O) groups is 3. The van der Waals surface area contributed by atoms with Gasteiger partial charge in [-0.05, 0) is 30.5 Å². The first-order valence-electron chi connectivity index (χ1n) is 9.90. The molecule has 158 valence electrons. The van der Waals surface area contributed by atoms with Crippen molar-refractivity contribution in [2.45, 2.75) is 19.4 Å². The van der Waals surface area contributed by atoms with Crippen molar-refractivity contribution in [2.75, 3.05) is 29.9 Å². The summed E-state index contributed by atoms with van der Waals surface area (Å²) in [5.41, 5.74) is 7.79. The van der Waals surface area contributed by atoms with Crippen LogP contribution >= 0.6 is 0 Å². The van der Waals surface area contributed by atoms with Gasteiger partial charge in [0, 0.05) is 19.0 Å². The number of rotatable bonds is 7. The fourth-order valence-electron chi connectivity index (χ4n) is 3.38. The summed E-state index contributed by atoms with van der Waals surface area (Å²) < 4.78 is 5.10. The van der Waals surface area contributed by atoms with Crippen LogP contribution < -0.4 is 21.3 Å². The maximum atomic E-state index is 12.3. The number of piperidine rings is 1. The Morgan fingerprint density at radius 2 is 1.67 bits per heavy atom. The molecule has 0 radical (unpaired) electrons. The molecule has 0 bridgehead atoms. The van der Waals surface area contributed by atoms with E-state index in [-0.39, 0.29) is 30.9 Å². The van der Waals surface area contributed by atoms with Gasteiger partial charge in [0.15, 0.2) is 0 Å². The fourth-order valence-corrected chi connectivity index (χ4v) is 3.38. The second-order valence-corrected chi connectivity index (χ2v) is 7.14. The van der Waals surface area contributed by atoms with Crippen LogP contribution in [0.25, 0.3) is 0 Å². The predicted octanol–water partition coefficient (Wildman–Crippen LogP) is 2.25. The first kappa shape index (κ1) is 21.2. The highest BCUT2D eigenvalue weighted by Crippen LogP contribution is 2.29. The lowest BCUT2D eigenvalue weighted by atomic mass is 9.96. The minimum atomic E-state index is -0.657. The van der Waals surface area contributed by atoms with Gasteiger partial charge in [-0.1, -0.05) is 42.5 Å². The molecule has 4 N–H and O–H groups in total. The van der Waals surface area contributed by atoms with E-state index in [9.17, 15) is 14.4 Å². The van der Waals surface area contributed by atoms with Crippen molar-refractivity contribution in [1.29, 1.82) is 0 Å². The van der Waals surface area contributed by atoms with E-state index in [0.717, 1.165) is 11.3 Å². The Morgan fingerprint density at radius 3 is 2.37 bits per heavy atom. The van der Waals surface area contributed by atoms with Crippen molar-refractivity contribution in [2.24, 2.45) is 11.7 Å². The molecule has 0 atom stereocenters. The van der Waals surface area contributed by atoms with E-state index in [1.807, 2.05) is 48.5 Å². The van der Waals surface area contributed by atoms with Crippen LogP contribution in [0.5, 0.6) is 0 Å². The van der Waals surface area contributed by atoms with Gasteiger partial charge in [-0.3, -0.25) is 9.59 Å². The quantitative estimate of drug-likeness (QED) is 0.648. The molecule has 30 heavy (non-hydrogen) atoms. The number of primary amides is 1. The van der Waals surface area contributed by atoms with Gasteiger partial charge < -0.3 is 26.0 Å². The molecule has 1 heterocycles. The normalized spacial score (nSPS) is 14.1. The zero-order chi connectivity index (χ0) is 21.3. The summed E-state index contributed by atoms with van der Waals surface area (Å²) in [6, 6.07) is 16.7. The Morgan fingerprint density at radius 1 is 1.00 bits per heavy atom. The Labute approximate surface area is 175 Å². The van der Waals surface area contributed by atoms with Crippen LogP contribution in [0.1, 0.15) is 18.4 Å². The number of benzene rings is 2. The minimum Gasteiger partial charge on any atom is -0.445 e. The molecule has 0 spiro atoms. The third-order valence-corrected chi connectivity index (χ3v) is 5.02. The number of amides is 3. The molecule has 1 aliphatic rings. The summed E-state index contributed by atoms with van der Waals surface area (Å²) in [6.45, 7) is 1.30. The van der Waals surface area contributed by atoms with E-state index in [1.54, 1.807) is 6.07 Å². The summed E-state index contributed by atoms with van der Waals surface area (Å²) in [4.78, 5) is 37.6. The lowest BCUT2D eigenvalue weighted by Crippen LogP contribution is -2.39. The Bertz CT molecular complexity index is 880. The number of hydrogen-bond acceptors (Lipinski definition) is 5. The van der Waals surface area contributed by atoms with Crippen molar-refractivity contribution in [3.63, 3.8) is 0 Å². The molecule has 0 saturated carbocycles. The van der Waals surface area contributed by atoms with Crippen molar-refractivity contribution < 1.29 is 19.1 Å². The molecule has 2 aromatic carbocycles. The Hall–Kier alpha value is -3.55. The second kappa shape index (κ2) is 10.3. The number of nitrogens with zero attached hydrogens (tertiary/aromatic N) is 1. The van der Waals surface area contributed by atoms with Gasteiger partial charge in [0.05, 0.1) is 11.4 Å². The number of alkyl carbamates (subject to hydrolysis) is 1. The second-order valence-electron chi connectivity index (χ2n) is 7.14. The lowest BCUT2D eigenvalue weighted by molar-refractivity contribution is -0.122. The van der Waals surface area contributed by atoms with Crippen molar-refractivity contribution in [3.8, 4) is 0 Å². The Balaban J connectivity index is 1.48. The van der Waals surface area contributed by atoms with E-state index < -0.39 is 6.09 Å².